The zero-order chi connectivity index (χ0) is 21.6. The number of hydrogen-bond donors (Lipinski definition) is 1. The highest BCUT2D eigenvalue weighted by atomic mass is 32.2. The van der Waals surface area contributed by atoms with E-state index in [9.17, 15) is 13.2 Å². The molecule has 1 amide bonds. The van der Waals surface area contributed by atoms with Gasteiger partial charge >= 0.3 is 0 Å². The fourth-order valence-corrected chi connectivity index (χ4v) is 4.67. The Morgan fingerprint density at radius 3 is 2.37 bits per heavy atom. The van der Waals surface area contributed by atoms with E-state index in [0.29, 0.717) is 31.9 Å². The number of aryl methyl sites for hydroxylation is 2. The summed E-state index contributed by atoms with van der Waals surface area (Å²) in [6, 6.07) is 15.6. The van der Waals surface area contributed by atoms with Crippen molar-refractivity contribution in [3.05, 3.63) is 59.7 Å². The van der Waals surface area contributed by atoms with Crippen LogP contribution in [0.25, 0.3) is 0 Å². The molecule has 7 nitrogen and oxygen atoms in total. The van der Waals surface area contributed by atoms with Gasteiger partial charge in [-0.25, -0.2) is 8.42 Å². The molecule has 1 fully saturated rings. The molecule has 0 saturated carbocycles. The third kappa shape index (κ3) is 6.21. The standard InChI is InChI=1S/C22H29N3O4S/c1-18-6-8-21(9-7-18)29-17-22(26)23-10-15-30(27,28)25-13-11-24(12-14-25)20-5-3-4-19(2)16-20/h3-9,16H,10-15,17H2,1-2H3,(H,23,26). The van der Waals surface area contributed by atoms with Gasteiger partial charge in [0.25, 0.3) is 5.91 Å². The van der Waals surface area contributed by atoms with Crippen LogP contribution in [0, 0.1) is 13.8 Å². The molecular formula is C22H29N3O4S. The number of carbonyl (C=O) groups is 1. The summed E-state index contributed by atoms with van der Waals surface area (Å²) in [6.07, 6.45) is 0. The lowest BCUT2D eigenvalue weighted by molar-refractivity contribution is -0.122. The number of nitrogens with zero attached hydrogens (tertiary/aromatic N) is 2. The quantitative estimate of drug-likeness (QED) is 0.691. The summed E-state index contributed by atoms with van der Waals surface area (Å²) < 4.78 is 32.1. The van der Waals surface area contributed by atoms with Crippen molar-refractivity contribution in [2.75, 3.05) is 50.0 Å². The Labute approximate surface area is 178 Å². The molecule has 162 valence electrons. The molecule has 0 atom stereocenters. The molecule has 1 aliphatic heterocycles. The number of rotatable bonds is 8. The van der Waals surface area contributed by atoms with E-state index in [1.54, 1.807) is 12.1 Å². The van der Waals surface area contributed by atoms with Gasteiger partial charge < -0.3 is 15.0 Å². The SMILES string of the molecule is Cc1ccc(OCC(=O)NCCS(=O)(=O)N2CCN(c3cccc(C)c3)CC2)cc1. The van der Waals surface area contributed by atoms with Gasteiger partial charge in [-0.05, 0) is 43.7 Å². The highest BCUT2D eigenvalue weighted by Gasteiger charge is 2.26. The zero-order valence-electron chi connectivity index (χ0n) is 17.5. The van der Waals surface area contributed by atoms with Crippen molar-refractivity contribution in [3.63, 3.8) is 0 Å². The van der Waals surface area contributed by atoms with Crippen molar-refractivity contribution in [3.8, 4) is 5.75 Å². The lowest BCUT2D eigenvalue weighted by Gasteiger charge is -2.35. The summed E-state index contributed by atoms with van der Waals surface area (Å²) in [6.45, 7) is 6.14. The van der Waals surface area contributed by atoms with Gasteiger partial charge in [-0.3, -0.25) is 4.79 Å². The van der Waals surface area contributed by atoms with Crippen molar-refractivity contribution in [2.24, 2.45) is 0 Å². The summed E-state index contributed by atoms with van der Waals surface area (Å²) >= 11 is 0. The van der Waals surface area contributed by atoms with Crippen LogP contribution in [0.3, 0.4) is 0 Å². The van der Waals surface area contributed by atoms with Crippen LogP contribution in [0.1, 0.15) is 11.1 Å². The monoisotopic (exact) mass is 431 g/mol. The number of amides is 1. The maximum atomic E-state index is 12.6. The first-order chi connectivity index (χ1) is 14.3. The fourth-order valence-electron chi connectivity index (χ4n) is 3.33. The number of nitrogens with one attached hydrogen (secondary N) is 1. The van der Waals surface area contributed by atoms with Crippen LogP contribution >= 0.6 is 0 Å². The van der Waals surface area contributed by atoms with Gasteiger partial charge in [0.2, 0.25) is 10.0 Å². The lowest BCUT2D eigenvalue weighted by atomic mass is 10.2. The van der Waals surface area contributed by atoms with Crippen LogP contribution in [0.2, 0.25) is 0 Å². The van der Waals surface area contributed by atoms with Crippen LogP contribution in [0.4, 0.5) is 5.69 Å². The molecule has 30 heavy (non-hydrogen) atoms. The third-order valence-corrected chi connectivity index (χ3v) is 6.94. The number of ether oxygens (including phenoxy) is 1. The molecule has 0 unspecified atom stereocenters. The van der Waals surface area contributed by atoms with E-state index in [1.165, 1.54) is 9.87 Å². The highest BCUT2D eigenvalue weighted by Crippen LogP contribution is 2.19. The first-order valence-electron chi connectivity index (χ1n) is 10.1. The Morgan fingerprint density at radius 1 is 1.00 bits per heavy atom. The van der Waals surface area contributed by atoms with Crippen LogP contribution in [0.5, 0.6) is 5.75 Å². The first kappa shape index (κ1) is 22.1. The minimum Gasteiger partial charge on any atom is -0.484 e. The average molecular weight is 432 g/mol. The van der Waals surface area contributed by atoms with Gasteiger partial charge in [-0.15, -0.1) is 0 Å². The normalized spacial score (nSPS) is 15.1. The Hall–Kier alpha value is -2.58. The number of sulfonamides is 1. The van der Waals surface area contributed by atoms with Crippen LogP contribution < -0.4 is 15.0 Å². The van der Waals surface area contributed by atoms with E-state index in [-0.39, 0.29) is 24.8 Å². The number of hydrogen-bond acceptors (Lipinski definition) is 5. The average Bonchev–Trinajstić information content (AvgIpc) is 2.73. The lowest BCUT2D eigenvalue weighted by Crippen LogP contribution is -2.50. The van der Waals surface area contributed by atoms with E-state index in [2.05, 4.69) is 16.3 Å². The first-order valence-corrected chi connectivity index (χ1v) is 11.7. The molecule has 8 heteroatoms. The van der Waals surface area contributed by atoms with Crippen molar-refractivity contribution < 1.29 is 17.9 Å². The van der Waals surface area contributed by atoms with Crippen molar-refractivity contribution >= 4 is 21.6 Å². The molecular weight excluding hydrogens is 402 g/mol. The second-order valence-electron chi connectivity index (χ2n) is 7.49. The van der Waals surface area contributed by atoms with Crippen LogP contribution in [0.15, 0.2) is 48.5 Å². The molecule has 0 spiro atoms. The predicted octanol–water partition coefficient (Wildman–Crippen LogP) is 1.95. The molecule has 2 aromatic carbocycles. The minimum absolute atomic E-state index is 0.0660. The van der Waals surface area contributed by atoms with E-state index in [1.807, 2.05) is 44.2 Å². The Balaban J connectivity index is 1.40. The minimum atomic E-state index is -3.41. The topological polar surface area (TPSA) is 78.9 Å². The molecule has 0 aromatic heterocycles. The highest BCUT2D eigenvalue weighted by molar-refractivity contribution is 7.89. The van der Waals surface area contributed by atoms with E-state index in [4.69, 9.17) is 4.74 Å². The van der Waals surface area contributed by atoms with E-state index < -0.39 is 10.0 Å². The van der Waals surface area contributed by atoms with Gasteiger partial charge in [0, 0.05) is 38.4 Å². The molecule has 1 N–H and O–H groups in total. The maximum absolute atomic E-state index is 12.6. The van der Waals surface area contributed by atoms with Gasteiger partial charge in [0.15, 0.2) is 6.61 Å². The molecule has 0 radical (unpaired) electrons. The molecule has 1 heterocycles. The third-order valence-electron chi connectivity index (χ3n) is 5.07. The second-order valence-corrected chi connectivity index (χ2v) is 9.58. The number of carbonyl (C=O) groups excluding carboxylic acids is 1. The largest absolute Gasteiger partial charge is 0.484 e. The predicted molar refractivity (Wildman–Crippen MR) is 118 cm³/mol. The van der Waals surface area contributed by atoms with Gasteiger partial charge in [0.05, 0.1) is 5.75 Å². The van der Waals surface area contributed by atoms with Crippen molar-refractivity contribution in [1.29, 1.82) is 0 Å². The molecule has 1 saturated heterocycles. The Bertz CT molecular complexity index is 953. The summed E-state index contributed by atoms with van der Waals surface area (Å²) in [4.78, 5) is 14.1. The summed E-state index contributed by atoms with van der Waals surface area (Å²) in [5.74, 6) is 0.151. The fraction of sp³-hybridized carbons (Fsp3) is 0.409. The number of piperazine rings is 1. The number of benzene rings is 2. The van der Waals surface area contributed by atoms with Gasteiger partial charge in [-0.1, -0.05) is 29.8 Å². The molecule has 2 aromatic rings. The smallest absolute Gasteiger partial charge is 0.257 e. The van der Waals surface area contributed by atoms with Crippen LogP contribution in [-0.2, 0) is 14.8 Å². The van der Waals surface area contributed by atoms with Gasteiger partial charge in [0.1, 0.15) is 5.75 Å². The molecule has 3 rings (SSSR count). The molecule has 0 bridgehead atoms. The van der Waals surface area contributed by atoms with Crippen LogP contribution in [-0.4, -0.2) is 63.7 Å². The number of anilines is 1. The van der Waals surface area contributed by atoms with Gasteiger partial charge in [-0.2, -0.15) is 4.31 Å². The Morgan fingerprint density at radius 2 is 1.70 bits per heavy atom. The van der Waals surface area contributed by atoms with E-state index in [0.717, 1.165) is 11.3 Å². The molecule has 1 aliphatic rings. The summed E-state index contributed by atoms with van der Waals surface area (Å²) in [7, 11) is -3.41. The van der Waals surface area contributed by atoms with Crippen molar-refractivity contribution in [1.82, 2.24) is 9.62 Å². The Kier molecular flexibility index (Phi) is 7.33. The van der Waals surface area contributed by atoms with Crippen molar-refractivity contribution in [2.45, 2.75) is 13.8 Å². The van der Waals surface area contributed by atoms with E-state index >= 15 is 0 Å². The summed E-state index contributed by atoms with van der Waals surface area (Å²) in [5.41, 5.74) is 3.41. The molecule has 0 aliphatic carbocycles. The summed E-state index contributed by atoms with van der Waals surface area (Å²) in [5, 5.41) is 2.62. The maximum Gasteiger partial charge on any atom is 0.257 e. The zero-order valence-corrected chi connectivity index (χ0v) is 18.3. The second kappa shape index (κ2) is 9.95.